The first-order chi connectivity index (χ1) is 10.2. The maximum Gasteiger partial charge on any atom is 0.357 e. The molecule has 0 aromatic heterocycles. The van der Waals surface area contributed by atoms with E-state index in [1.54, 1.807) is 0 Å². The third-order valence-corrected chi connectivity index (χ3v) is 5.77. The monoisotopic (exact) mass is 309 g/mol. The molecule has 0 saturated carbocycles. The van der Waals surface area contributed by atoms with Gasteiger partial charge in [0.15, 0.2) is 0 Å². The predicted octanol–water partition coefficient (Wildman–Crippen LogP) is 4.04. The van der Waals surface area contributed by atoms with Crippen LogP contribution in [0, 0.1) is 0 Å². The van der Waals surface area contributed by atoms with Crippen molar-refractivity contribution in [2.24, 2.45) is 0 Å². The van der Waals surface area contributed by atoms with Gasteiger partial charge in [0.05, 0.1) is 13.2 Å². The summed E-state index contributed by atoms with van der Waals surface area (Å²) in [6, 6.07) is 10.4. The van der Waals surface area contributed by atoms with E-state index in [4.69, 9.17) is 9.05 Å². The zero-order valence-corrected chi connectivity index (χ0v) is 13.7. The molecule has 0 atom stereocenters. The molecular formula is C16H24NO3P. The van der Waals surface area contributed by atoms with Crippen molar-refractivity contribution >= 4 is 7.60 Å². The van der Waals surface area contributed by atoms with Crippen molar-refractivity contribution in [3.05, 3.63) is 47.3 Å². The minimum atomic E-state index is -3.07. The van der Waals surface area contributed by atoms with Gasteiger partial charge in [-0.1, -0.05) is 36.4 Å². The summed E-state index contributed by atoms with van der Waals surface area (Å²) in [6.07, 6.45) is 2.75. The molecule has 21 heavy (non-hydrogen) atoms. The van der Waals surface area contributed by atoms with Gasteiger partial charge in [-0.15, -0.1) is 0 Å². The largest absolute Gasteiger partial charge is 0.357 e. The van der Waals surface area contributed by atoms with Gasteiger partial charge in [-0.05, 0) is 25.8 Å². The predicted molar refractivity (Wildman–Crippen MR) is 85.3 cm³/mol. The Balaban J connectivity index is 1.99. The molecule has 0 fully saturated rings. The maximum absolute atomic E-state index is 12.7. The van der Waals surface area contributed by atoms with Crippen molar-refractivity contribution in [3.8, 4) is 0 Å². The minimum absolute atomic E-state index is 0.405. The molecule has 1 heterocycles. The lowest BCUT2D eigenvalue weighted by Gasteiger charge is -2.29. The molecule has 0 unspecified atom stereocenters. The first-order valence-electron chi connectivity index (χ1n) is 7.53. The number of hydrogen-bond donors (Lipinski definition) is 0. The van der Waals surface area contributed by atoms with Gasteiger partial charge in [-0.2, -0.15) is 0 Å². The van der Waals surface area contributed by atoms with Crippen molar-refractivity contribution < 1.29 is 13.6 Å². The summed E-state index contributed by atoms with van der Waals surface area (Å²) >= 11 is 0. The van der Waals surface area contributed by atoms with Gasteiger partial charge in [0, 0.05) is 24.9 Å². The third kappa shape index (κ3) is 4.52. The zero-order valence-electron chi connectivity index (χ0n) is 12.8. The summed E-state index contributed by atoms with van der Waals surface area (Å²) in [5.41, 5.74) is 1.30. The van der Waals surface area contributed by atoms with E-state index in [1.165, 1.54) is 5.56 Å². The van der Waals surface area contributed by atoms with Crippen LogP contribution in [0.3, 0.4) is 0 Å². The van der Waals surface area contributed by atoms with Crippen LogP contribution in [0.15, 0.2) is 41.7 Å². The number of hydrogen-bond acceptors (Lipinski definition) is 4. The summed E-state index contributed by atoms with van der Waals surface area (Å²) in [5, 5.41) is 0.829. The van der Waals surface area contributed by atoms with E-state index in [9.17, 15) is 4.57 Å². The number of nitrogens with zero attached hydrogens (tertiary/aromatic N) is 1. The molecule has 0 bridgehead atoms. The molecule has 0 radical (unpaired) electrons. The molecule has 1 aliphatic heterocycles. The van der Waals surface area contributed by atoms with E-state index in [2.05, 4.69) is 29.2 Å². The van der Waals surface area contributed by atoms with Crippen LogP contribution in [0.25, 0.3) is 0 Å². The fourth-order valence-electron chi connectivity index (χ4n) is 2.48. The van der Waals surface area contributed by atoms with Crippen LogP contribution in [-0.4, -0.2) is 31.2 Å². The van der Waals surface area contributed by atoms with E-state index in [0.29, 0.717) is 13.2 Å². The summed E-state index contributed by atoms with van der Waals surface area (Å²) in [5.74, 6) is 0. The van der Waals surface area contributed by atoms with E-state index < -0.39 is 7.60 Å². The summed E-state index contributed by atoms with van der Waals surface area (Å²) < 4.78 is 23.5. The summed E-state index contributed by atoms with van der Waals surface area (Å²) in [4.78, 5) is 2.33. The molecular weight excluding hydrogens is 285 g/mol. The molecule has 0 N–H and O–H groups in total. The van der Waals surface area contributed by atoms with Crippen LogP contribution in [-0.2, 0) is 20.2 Å². The fraction of sp³-hybridized carbons (Fsp3) is 0.500. The second-order valence-corrected chi connectivity index (χ2v) is 7.08. The molecule has 116 valence electrons. The zero-order chi connectivity index (χ0) is 15.1. The maximum atomic E-state index is 12.7. The molecule has 0 amide bonds. The highest BCUT2D eigenvalue weighted by atomic mass is 31.2. The van der Waals surface area contributed by atoms with E-state index in [-0.39, 0.29) is 0 Å². The van der Waals surface area contributed by atoms with Gasteiger partial charge in [0.2, 0.25) is 0 Å². The minimum Gasteiger partial charge on any atom is -0.306 e. The SMILES string of the molecule is CCOP(=O)(OCC)C1=CCN(Cc2ccccc2)CC1. The Kier molecular flexibility index (Phi) is 6.19. The van der Waals surface area contributed by atoms with Crippen molar-refractivity contribution in [3.63, 3.8) is 0 Å². The van der Waals surface area contributed by atoms with Crippen molar-refractivity contribution in [2.75, 3.05) is 26.3 Å². The van der Waals surface area contributed by atoms with E-state index >= 15 is 0 Å². The molecule has 1 aromatic rings. The van der Waals surface area contributed by atoms with Gasteiger partial charge >= 0.3 is 7.60 Å². The average molecular weight is 309 g/mol. The van der Waals surface area contributed by atoms with E-state index in [0.717, 1.165) is 31.4 Å². The highest BCUT2D eigenvalue weighted by Gasteiger charge is 2.31. The van der Waals surface area contributed by atoms with Crippen LogP contribution in [0.2, 0.25) is 0 Å². The van der Waals surface area contributed by atoms with Gasteiger partial charge in [-0.25, -0.2) is 0 Å². The topological polar surface area (TPSA) is 38.8 Å². The smallest absolute Gasteiger partial charge is 0.306 e. The van der Waals surface area contributed by atoms with Crippen molar-refractivity contribution in [2.45, 2.75) is 26.8 Å². The summed E-state index contributed by atoms with van der Waals surface area (Å²) in [6.45, 7) is 7.08. The van der Waals surface area contributed by atoms with Crippen LogP contribution < -0.4 is 0 Å². The average Bonchev–Trinajstić information content (AvgIpc) is 2.49. The van der Waals surface area contributed by atoms with E-state index in [1.807, 2.05) is 26.0 Å². The molecule has 0 spiro atoms. The highest BCUT2D eigenvalue weighted by molar-refractivity contribution is 7.58. The summed E-state index contributed by atoms with van der Waals surface area (Å²) in [7, 11) is -3.07. The van der Waals surface area contributed by atoms with Gasteiger partial charge in [0.25, 0.3) is 0 Å². The van der Waals surface area contributed by atoms with Gasteiger partial charge in [0.1, 0.15) is 0 Å². The second kappa shape index (κ2) is 7.90. The first-order valence-corrected chi connectivity index (χ1v) is 9.07. The third-order valence-electron chi connectivity index (χ3n) is 3.47. The molecule has 5 heteroatoms. The van der Waals surface area contributed by atoms with Crippen LogP contribution >= 0.6 is 7.60 Å². The van der Waals surface area contributed by atoms with Crippen molar-refractivity contribution in [1.29, 1.82) is 0 Å². The van der Waals surface area contributed by atoms with Gasteiger partial charge in [-0.3, -0.25) is 9.46 Å². The Hall–Kier alpha value is -0.930. The Morgan fingerprint density at radius 1 is 1.14 bits per heavy atom. The Bertz CT molecular complexity index is 506. The fourth-order valence-corrected chi connectivity index (χ4v) is 4.24. The number of benzene rings is 1. The molecule has 0 saturated heterocycles. The molecule has 1 aromatic carbocycles. The van der Waals surface area contributed by atoms with Gasteiger partial charge < -0.3 is 9.05 Å². The molecule has 4 nitrogen and oxygen atoms in total. The second-order valence-electron chi connectivity index (χ2n) is 5.00. The standard InChI is InChI=1S/C16H24NO3P/c1-3-19-21(18,20-4-2)16-10-12-17(13-11-16)14-15-8-6-5-7-9-15/h5-10H,3-4,11-14H2,1-2H3. The Morgan fingerprint density at radius 3 is 2.33 bits per heavy atom. The van der Waals surface area contributed by atoms with Crippen LogP contribution in [0.5, 0.6) is 0 Å². The first kappa shape index (κ1) is 16.4. The normalized spacial score (nSPS) is 16.8. The number of rotatable bonds is 7. The molecule has 0 aliphatic carbocycles. The van der Waals surface area contributed by atoms with Crippen molar-refractivity contribution in [1.82, 2.24) is 4.90 Å². The highest BCUT2D eigenvalue weighted by Crippen LogP contribution is 2.57. The lowest BCUT2D eigenvalue weighted by atomic mass is 10.2. The lowest BCUT2D eigenvalue weighted by Crippen LogP contribution is -2.28. The van der Waals surface area contributed by atoms with Crippen LogP contribution in [0.1, 0.15) is 25.8 Å². The Morgan fingerprint density at radius 2 is 1.81 bits per heavy atom. The lowest BCUT2D eigenvalue weighted by molar-refractivity contribution is 0.221. The van der Waals surface area contributed by atoms with Crippen LogP contribution in [0.4, 0.5) is 0 Å². The molecule has 1 aliphatic rings. The molecule has 2 rings (SSSR count). The quantitative estimate of drug-likeness (QED) is 0.713. The Labute approximate surface area is 127 Å².